The summed E-state index contributed by atoms with van der Waals surface area (Å²) < 4.78 is 0. The highest BCUT2D eigenvalue weighted by atomic mass is 14.7. The number of aromatic nitrogens is 1. The molecule has 14 heavy (non-hydrogen) atoms. The summed E-state index contributed by atoms with van der Waals surface area (Å²) in [5.74, 6) is 0.824. The molecule has 1 aromatic heterocycles. The van der Waals surface area contributed by atoms with Crippen molar-refractivity contribution in [3.05, 3.63) is 30.1 Å². The van der Waals surface area contributed by atoms with Gasteiger partial charge in [-0.05, 0) is 24.5 Å². The van der Waals surface area contributed by atoms with E-state index in [4.69, 9.17) is 0 Å². The Labute approximate surface area is 87.6 Å². The van der Waals surface area contributed by atoms with Crippen LogP contribution in [0.25, 0.3) is 0 Å². The minimum atomic E-state index is 0.824. The predicted octanol–water partition coefficient (Wildman–Crippen LogP) is 3.84. The first-order chi connectivity index (χ1) is 6.86. The van der Waals surface area contributed by atoms with Crippen LogP contribution in [-0.4, -0.2) is 4.98 Å². The first-order valence-electron chi connectivity index (χ1n) is 5.76. The Morgan fingerprint density at radius 1 is 1.29 bits per heavy atom. The van der Waals surface area contributed by atoms with E-state index >= 15 is 0 Å². The number of hydrogen-bond acceptors (Lipinski definition) is 1. The lowest BCUT2D eigenvalue weighted by atomic mass is 9.94. The molecule has 0 spiro atoms. The van der Waals surface area contributed by atoms with Gasteiger partial charge in [-0.2, -0.15) is 0 Å². The van der Waals surface area contributed by atoms with Gasteiger partial charge in [0.25, 0.3) is 0 Å². The lowest BCUT2D eigenvalue weighted by molar-refractivity contribution is 0.445. The molecule has 0 aliphatic heterocycles. The highest BCUT2D eigenvalue weighted by Gasteiger charge is 2.06. The largest absolute Gasteiger partial charge is 0.261 e. The molecule has 0 bridgehead atoms. The van der Waals surface area contributed by atoms with E-state index in [2.05, 4.69) is 31.0 Å². The minimum Gasteiger partial charge on any atom is -0.261 e. The predicted molar refractivity (Wildman–Crippen MR) is 61.2 cm³/mol. The van der Waals surface area contributed by atoms with E-state index in [-0.39, 0.29) is 0 Å². The summed E-state index contributed by atoms with van der Waals surface area (Å²) in [5.41, 5.74) is 1.25. The van der Waals surface area contributed by atoms with Crippen molar-refractivity contribution in [2.24, 2.45) is 5.92 Å². The van der Waals surface area contributed by atoms with Gasteiger partial charge in [0.2, 0.25) is 0 Å². The van der Waals surface area contributed by atoms with Crippen LogP contribution in [0.15, 0.2) is 24.4 Å². The fourth-order valence-corrected chi connectivity index (χ4v) is 1.76. The van der Waals surface area contributed by atoms with Gasteiger partial charge in [0.05, 0.1) is 0 Å². The van der Waals surface area contributed by atoms with E-state index in [1.807, 2.05) is 12.3 Å². The van der Waals surface area contributed by atoms with Crippen molar-refractivity contribution in [3.63, 3.8) is 0 Å². The Hall–Kier alpha value is -0.850. The molecule has 1 nitrogen and oxygen atoms in total. The van der Waals surface area contributed by atoms with Crippen molar-refractivity contribution >= 4 is 0 Å². The molecule has 0 aliphatic carbocycles. The van der Waals surface area contributed by atoms with Crippen LogP contribution in [0.2, 0.25) is 0 Å². The standard InChI is InChI=1S/C13H21N/c1-3-5-8-12(4-2)11-13-9-6-7-10-14-13/h6-7,9-10,12H,3-5,8,11H2,1-2H3. The first kappa shape index (κ1) is 11.2. The Bertz CT molecular complexity index is 230. The Balaban J connectivity index is 2.40. The molecule has 1 rings (SSSR count). The maximum atomic E-state index is 4.37. The normalized spacial score (nSPS) is 12.7. The second-order valence-electron chi connectivity index (χ2n) is 3.94. The summed E-state index contributed by atoms with van der Waals surface area (Å²) in [6.07, 6.45) is 8.32. The average Bonchev–Trinajstić information content (AvgIpc) is 2.25. The summed E-state index contributed by atoms with van der Waals surface area (Å²) in [6, 6.07) is 6.19. The molecule has 1 atom stereocenters. The lowest BCUT2D eigenvalue weighted by Crippen LogP contribution is -2.04. The molecular formula is C13H21N. The van der Waals surface area contributed by atoms with Gasteiger partial charge in [-0.3, -0.25) is 4.98 Å². The Morgan fingerprint density at radius 3 is 2.71 bits per heavy atom. The van der Waals surface area contributed by atoms with Crippen LogP contribution >= 0.6 is 0 Å². The third kappa shape index (κ3) is 3.91. The quantitative estimate of drug-likeness (QED) is 0.665. The average molecular weight is 191 g/mol. The summed E-state index contributed by atoms with van der Waals surface area (Å²) >= 11 is 0. The number of unbranched alkanes of at least 4 members (excludes halogenated alkanes) is 1. The van der Waals surface area contributed by atoms with Crippen LogP contribution in [0.3, 0.4) is 0 Å². The molecule has 0 N–H and O–H groups in total. The van der Waals surface area contributed by atoms with Gasteiger partial charge in [-0.1, -0.05) is 45.6 Å². The van der Waals surface area contributed by atoms with Crippen molar-refractivity contribution in [1.82, 2.24) is 4.98 Å². The van der Waals surface area contributed by atoms with Crippen molar-refractivity contribution < 1.29 is 0 Å². The molecule has 0 radical (unpaired) electrons. The first-order valence-corrected chi connectivity index (χ1v) is 5.76. The maximum absolute atomic E-state index is 4.37. The zero-order valence-electron chi connectivity index (χ0n) is 9.37. The molecule has 1 heteroatoms. The van der Waals surface area contributed by atoms with Gasteiger partial charge in [-0.25, -0.2) is 0 Å². The molecule has 0 aromatic carbocycles. The van der Waals surface area contributed by atoms with Crippen molar-refractivity contribution in [1.29, 1.82) is 0 Å². The molecule has 0 saturated heterocycles. The lowest BCUT2D eigenvalue weighted by Gasteiger charge is -2.13. The van der Waals surface area contributed by atoms with Crippen LogP contribution in [0.1, 0.15) is 45.2 Å². The van der Waals surface area contributed by atoms with Crippen molar-refractivity contribution in [2.45, 2.75) is 46.0 Å². The fourth-order valence-electron chi connectivity index (χ4n) is 1.76. The maximum Gasteiger partial charge on any atom is 0.0406 e. The van der Waals surface area contributed by atoms with Crippen LogP contribution in [0, 0.1) is 5.92 Å². The molecule has 0 amide bonds. The van der Waals surface area contributed by atoms with Crippen LogP contribution in [0.4, 0.5) is 0 Å². The molecule has 1 aromatic rings. The van der Waals surface area contributed by atoms with Gasteiger partial charge in [-0.15, -0.1) is 0 Å². The summed E-state index contributed by atoms with van der Waals surface area (Å²) in [4.78, 5) is 4.37. The van der Waals surface area contributed by atoms with E-state index in [0.29, 0.717) is 0 Å². The van der Waals surface area contributed by atoms with Gasteiger partial charge in [0, 0.05) is 11.9 Å². The molecule has 0 fully saturated rings. The monoisotopic (exact) mass is 191 g/mol. The zero-order chi connectivity index (χ0) is 10.2. The smallest absolute Gasteiger partial charge is 0.0406 e. The van der Waals surface area contributed by atoms with Gasteiger partial charge in [0.1, 0.15) is 0 Å². The van der Waals surface area contributed by atoms with Gasteiger partial charge in [0.15, 0.2) is 0 Å². The molecule has 0 saturated carbocycles. The topological polar surface area (TPSA) is 12.9 Å². The fraction of sp³-hybridized carbons (Fsp3) is 0.615. The molecule has 1 heterocycles. The van der Waals surface area contributed by atoms with Crippen molar-refractivity contribution in [3.8, 4) is 0 Å². The number of rotatable bonds is 6. The van der Waals surface area contributed by atoms with Crippen LogP contribution < -0.4 is 0 Å². The summed E-state index contributed by atoms with van der Waals surface area (Å²) in [7, 11) is 0. The molecule has 1 unspecified atom stereocenters. The SMILES string of the molecule is CCCCC(CC)Cc1ccccn1. The Kier molecular flexibility index (Phi) is 5.28. The summed E-state index contributed by atoms with van der Waals surface area (Å²) in [5, 5.41) is 0. The van der Waals surface area contributed by atoms with E-state index in [0.717, 1.165) is 12.3 Å². The van der Waals surface area contributed by atoms with E-state index in [1.165, 1.54) is 31.4 Å². The third-order valence-electron chi connectivity index (χ3n) is 2.77. The highest BCUT2D eigenvalue weighted by molar-refractivity contribution is 5.04. The number of hydrogen-bond donors (Lipinski definition) is 0. The van der Waals surface area contributed by atoms with Crippen LogP contribution in [-0.2, 0) is 6.42 Å². The molecular weight excluding hydrogens is 170 g/mol. The van der Waals surface area contributed by atoms with E-state index < -0.39 is 0 Å². The molecule has 0 aliphatic rings. The van der Waals surface area contributed by atoms with Crippen molar-refractivity contribution in [2.75, 3.05) is 0 Å². The minimum absolute atomic E-state index is 0.824. The number of nitrogens with zero attached hydrogens (tertiary/aromatic N) is 1. The third-order valence-corrected chi connectivity index (χ3v) is 2.77. The highest BCUT2D eigenvalue weighted by Crippen LogP contribution is 2.16. The van der Waals surface area contributed by atoms with E-state index in [9.17, 15) is 0 Å². The van der Waals surface area contributed by atoms with Crippen LogP contribution in [0.5, 0.6) is 0 Å². The summed E-state index contributed by atoms with van der Waals surface area (Å²) in [6.45, 7) is 4.54. The second kappa shape index (κ2) is 6.58. The van der Waals surface area contributed by atoms with Gasteiger partial charge >= 0.3 is 0 Å². The zero-order valence-corrected chi connectivity index (χ0v) is 9.37. The Morgan fingerprint density at radius 2 is 2.14 bits per heavy atom. The second-order valence-corrected chi connectivity index (χ2v) is 3.94. The molecule has 78 valence electrons. The van der Waals surface area contributed by atoms with E-state index in [1.54, 1.807) is 0 Å². The van der Waals surface area contributed by atoms with Gasteiger partial charge < -0.3 is 0 Å². The number of pyridine rings is 1.